The van der Waals surface area contributed by atoms with Crippen LogP contribution < -0.4 is 15.4 Å². The predicted octanol–water partition coefficient (Wildman–Crippen LogP) is 2.90. The average molecular weight is 388 g/mol. The number of rotatable bonds is 4. The number of carbonyl (C=O) groups excluding carboxylic acids is 1. The third-order valence-corrected chi connectivity index (χ3v) is 5.70. The molecule has 3 N–H and O–H groups in total. The lowest BCUT2D eigenvalue weighted by Gasteiger charge is -2.23. The van der Waals surface area contributed by atoms with Crippen LogP contribution in [0.2, 0.25) is 0 Å². The molecule has 2 aliphatic rings. The lowest BCUT2D eigenvalue weighted by molar-refractivity contribution is 0.0936. The molecule has 6 nitrogen and oxygen atoms in total. The van der Waals surface area contributed by atoms with Crippen molar-refractivity contribution in [3.63, 3.8) is 0 Å². The number of nitrogens with one attached hydrogen (secondary N) is 3. The molecular weight excluding hydrogens is 364 g/mol. The van der Waals surface area contributed by atoms with Gasteiger partial charge in [-0.2, -0.15) is 5.10 Å². The highest BCUT2D eigenvalue weighted by Gasteiger charge is 2.25. The van der Waals surface area contributed by atoms with Gasteiger partial charge in [-0.15, -0.1) is 0 Å². The van der Waals surface area contributed by atoms with Gasteiger partial charge in [0.05, 0.1) is 12.6 Å². The van der Waals surface area contributed by atoms with Gasteiger partial charge in [0.25, 0.3) is 5.91 Å². The molecule has 0 fully saturated rings. The normalized spacial score (nSPS) is 16.3. The van der Waals surface area contributed by atoms with Gasteiger partial charge >= 0.3 is 0 Å². The Balaban J connectivity index is 1.48. The van der Waals surface area contributed by atoms with E-state index in [0.717, 1.165) is 60.5 Å². The summed E-state index contributed by atoms with van der Waals surface area (Å²) in [4.78, 5) is 13.2. The summed E-state index contributed by atoms with van der Waals surface area (Å²) in [5.41, 5.74) is 5.80. The van der Waals surface area contributed by atoms with E-state index in [9.17, 15) is 4.79 Å². The standard InChI is InChI=1S/C23H24N4O2/c28-23(22-18-14-24-11-10-19(18)26-27-22)25-21(15-5-2-1-3-6-15)17-8-9-20-16(13-17)7-4-12-29-20/h1-3,5-6,8-9,13,21,24H,4,7,10-12,14H2,(H,25,28)(H,26,27). The number of hydrogen-bond acceptors (Lipinski definition) is 4. The first-order valence-corrected chi connectivity index (χ1v) is 10.2. The number of aromatic nitrogens is 2. The SMILES string of the molecule is O=C(NC(c1ccccc1)c1ccc2c(c1)CCCO2)c1n[nH]c2c1CNCC2. The topological polar surface area (TPSA) is 79.0 Å². The van der Waals surface area contributed by atoms with E-state index in [-0.39, 0.29) is 11.9 Å². The number of nitrogens with zero attached hydrogens (tertiary/aromatic N) is 1. The quantitative estimate of drug-likeness (QED) is 0.642. The highest BCUT2D eigenvalue weighted by Crippen LogP contribution is 2.30. The van der Waals surface area contributed by atoms with Gasteiger partial charge in [-0.25, -0.2) is 0 Å². The highest BCUT2D eigenvalue weighted by molar-refractivity contribution is 5.94. The van der Waals surface area contributed by atoms with Crippen molar-refractivity contribution in [3.05, 3.63) is 82.2 Å². The Morgan fingerprint density at radius 3 is 2.90 bits per heavy atom. The molecule has 0 aliphatic carbocycles. The van der Waals surface area contributed by atoms with E-state index in [1.807, 2.05) is 42.5 Å². The molecular formula is C23H24N4O2. The fraction of sp³-hybridized carbons (Fsp3) is 0.304. The molecule has 3 heterocycles. The van der Waals surface area contributed by atoms with E-state index in [1.54, 1.807) is 0 Å². The van der Waals surface area contributed by atoms with Crippen LogP contribution in [0.1, 0.15) is 50.9 Å². The van der Waals surface area contributed by atoms with E-state index in [0.29, 0.717) is 12.2 Å². The molecule has 0 radical (unpaired) electrons. The van der Waals surface area contributed by atoms with Gasteiger partial charge in [-0.1, -0.05) is 36.4 Å². The Labute approximate surface area is 169 Å². The van der Waals surface area contributed by atoms with Gasteiger partial charge in [-0.3, -0.25) is 9.89 Å². The van der Waals surface area contributed by atoms with Crippen LogP contribution in [0, 0.1) is 0 Å². The number of H-pyrrole nitrogens is 1. The molecule has 6 heteroatoms. The van der Waals surface area contributed by atoms with Crippen LogP contribution in [0.25, 0.3) is 0 Å². The molecule has 1 aromatic heterocycles. The fourth-order valence-corrected chi connectivity index (χ4v) is 4.18. The second-order valence-corrected chi connectivity index (χ2v) is 7.59. The number of benzene rings is 2. The van der Waals surface area contributed by atoms with E-state index < -0.39 is 0 Å². The van der Waals surface area contributed by atoms with Crippen molar-refractivity contribution >= 4 is 5.91 Å². The zero-order chi connectivity index (χ0) is 19.6. The van der Waals surface area contributed by atoms with E-state index >= 15 is 0 Å². The van der Waals surface area contributed by atoms with Gasteiger partial charge in [-0.05, 0) is 41.7 Å². The van der Waals surface area contributed by atoms with E-state index in [4.69, 9.17) is 4.74 Å². The number of aromatic amines is 1. The maximum absolute atomic E-state index is 13.2. The third kappa shape index (κ3) is 3.51. The fourth-order valence-electron chi connectivity index (χ4n) is 4.18. The van der Waals surface area contributed by atoms with Crippen LogP contribution >= 0.6 is 0 Å². The van der Waals surface area contributed by atoms with Crippen LogP contribution in [-0.2, 0) is 19.4 Å². The minimum absolute atomic E-state index is 0.158. The lowest BCUT2D eigenvalue weighted by atomic mass is 9.94. The minimum atomic E-state index is -0.250. The summed E-state index contributed by atoms with van der Waals surface area (Å²) in [6, 6.07) is 16.0. The van der Waals surface area contributed by atoms with Crippen molar-refractivity contribution in [2.24, 2.45) is 0 Å². The third-order valence-electron chi connectivity index (χ3n) is 5.70. The Hall–Kier alpha value is -3.12. The summed E-state index contributed by atoms with van der Waals surface area (Å²) in [5.74, 6) is 0.791. The van der Waals surface area contributed by atoms with Gasteiger partial charge in [0.1, 0.15) is 5.75 Å². The van der Waals surface area contributed by atoms with Crippen molar-refractivity contribution in [1.29, 1.82) is 0 Å². The smallest absolute Gasteiger partial charge is 0.272 e. The molecule has 1 amide bonds. The molecule has 1 unspecified atom stereocenters. The van der Waals surface area contributed by atoms with E-state index in [1.165, 1.54) is 5.56 Å². The number of fused-ring (bicyclic) bond motifs is 2. The van der Waals surface area contributed by atoms with Crippen LogP contribution in [0.5, 0.6) is 5.75 Å². The van der Waals surface area contributed by atoms with Crippen LogP contribution in [0.3, 0.4) is 0 Å². The van der Waals surface area contributed by atoms with Crippen LogP contribution in [0.15, 0.2) is 48.5 Å². The number of hydrogen-bond donors (Lipinski definition) is 3. The summed E-state index contributed by atoms with van der Waals surface area (Å²) < 4.78 is 5.76. The Kier molecular flexibility index (Phi) is 4.77. The van der Waals surface area contributed by atoms with E-state index in [2.05, 4.69) is 26.9 Å². The van der Waals surface area contributed by atoms with Gasteiger partial charge in [0.15, 0.2) is 5.69 Å². The summed E-state index contributed by atoms with van der Waals surface area (Å²) >= 11 is 0. The molecule has 5 rings (SSSR count). The molecule has 0 saturated carbocycles. The highest BCUT2D eigenvalue weighted by atomic mass is 16.5. The summed E-state index contributed by atoms with van der Waals surface area (Å²) in [6.07, 6.45) is 2.88. The Morgan fingerprint density at radius 2 is 2.00 bits per heavy atom. The minimum Gasteiger partial charge on any atom is -0.493 e. The van der Waals surface area contributed by atoms with Crippen molar-refractivity contribution < 1.29 is 9.53 Å². The molecule has 0 saturated heterocycles. The number of aryl methyl sites for hydroxylation is 1. The Bertz CT molecular complexity index is 1030. The second-order valence-electron chi connectivity index (χ2n) is 7.59. The number of ether oxygens (including phenoxy) is 1. The zero-order valence-electron chi connectivity index (χ0n) is 16.2. The van der Waals surface area contributed by atoms with Gasteiger partial charge < -0.3 is 15.4 Å². The van der Waals surface area contributed by atoms with Crippen LogP contribution in [-0.4, -0.2) is 29.3 Å². The summed E-state index contributed by atoms with van der Waals surface area (Å²) in [5, 5.41) is 13.9. The monoisotopic (exact) mass is 388 g/mol. The van der Waals surface area contributed by atoms with Crippen LogP contribution in [0.4, 0.5) is 0 Å². The maximum Gasteiger partial charge on any atom is 0.272 e. The molecule has 2 aliphatic heterocycles. The lowest BCUT2D eigenvalue weighted by Crippen LogP contribution is -2.32. The number of carbonyl (C=O) groups is 1. The molecule has 0 spiro atoms. The first kappa shape index (κ1) is 17.9. The van der Waals surface area contributed by atoms with Gasteiger partial charge in [0, 0.05) is 30.8 Å². The van der Waals surface area contributed by atoms with Crippen molar-refractivity contribution in [2.45, 2.75) is 31.8 Å². The molecule has 1 atom stereocenters. The van der Waals surface area contributed by atoms with Crippen molar-refractivity contribution in [1.82, 2.24) is 20.8 Å². The largest absolute Gasteiger partial charge is 0.493 e. The molecule has 148 valence electrons. The Morgan fingerprint density at radius 1 is 1.10 bits per heavy atom. The summed E-state index contributed by atoms with van der Waals surface area (Å²) in [7, 11) is 0. The zero-order valence-corrected chi connectivity index (χ0v) is 16.2. The van der Waals surface area contributed by atoms with Crippen molar-refractivity contribution in [2.75, 3.05) is 13.2 Å². The predicted molar refractivity (Wildman–Crippen MR) is 110 cm³/mol. The first-order valence-electron chi connectivity index (χ1n) is 10.2. The summed E-state index contributed by atoms with van der Waals surface area (Å²) in [6.45, 7) is 2.34. The van der Waals surface area contributed by atoms with Gasteiger partial charge in [0.2, 0.25) is 0 Å². The first-order chi connectivity index (χ1) is 14.3. The number of amides is 1. The molecule has 2 aromatic carbocycles. The molecule has 0 bridgehead atoms. The maximum atomic E-state index is 13.2. The average Bonchev–Trinajstić information content (AvgIpc) is 3.22. The molecule has 29 heavy (non-hydrogen) atoms. The second kappa shape index (κ2) is 7.72. The van der Waals surface area contributed by atoms with Crippen molar-refractivity contribution in [3.8, 4) is 5.75 Å². The molecule has 3 aromatic rings.